The van der Waals surface area contributed by atoms with Gasteiger partial charge in [0, 0.05) is 9.35 Å². The van der Waals surface area contributed by atoms with Gasteiger partial charge in [-0.25, -0.2) is 0 Å². The number of aromatic amines is 1. The first-order valence-electron chi connectivity index (χ1n) is 6.41. The van der Waals surface area contributed by atoms with Gasteiger partial charge in [-0.1, -0.05) is 22.0 Å². The average molecular weight is 381 g/mol. The Morgan fingerprint density at radius 3 is 2.71 bits per heavy atom. The van der Waals surface area contributed by atoms with Gasteiger partial charge in [0.05, 0.1) is 11.1 Å². The fourth-order valence-corrected chi connectivity index (χ4v) is 4.12. The Balaban J connectivity index is 2.49. The molecule has 0 saturated carbocycles. The van der Waals surface area contributed by atoms with E-state index >= 15 is 0 Å². The van der Waals surface area contributed by atoms with Crippen molar-refractivity contribution in [3.63, 3.8) is 0 Å². The third-order valence-corrected chi connectivity index (χ3v) is 5.54. The normalized spacial score (nSPS) is 11.2. The number of H-pyrrole nitrogens is 1. The smallest absolute Gasteiger partial charge is 0.267 e. The van der Waals surface area contributed by atoms with E-state index in [-0.39, 0.29) is 5.56 Å². The number of nitrogens with one attached hydrogen (secondary N) is 1. The van der Waals surface area contributed by atoms with Gasteiger partial charge in [-0.05, 0) is 56.2 Å². The number of hydrogen-bond donors (Lipinski definition) is 1. The van der Waals surface area contributed by atoms with Crippen LogP contribution >= 0.6 is 39.5 Å². The second-order valence-electron chi connectivity index (χ2n) is 4.99. The van der Waals surface area contributed by atoms with Gasteiger partial charge in [0.15, 0.2) is 4.77 Å². The van der Waals surface area contributed by atoms with Crippen LogP contribution in [0.4, 0.5) is 0 Å². The number of nitrogens with zero attached hydrogens (tertiary/aromatic N) is 1. The first-order valence-corrected chi connectivity index (χ1v) is 8.43. The minimum Gasteiger partial charge on any atom is -0.323 e. The third-order valence-electron chi connectivity index (χ3n) is 3.64. The molecule has 2 aromatic heterocycles. The van der Waals surface area contributed by atoms with Crippen LogP contribution in [0.1, 0.15) is 16.0 Å². The third kappa shape index (κ3) is 2.31. The molecule has 3 rings (SSSR count). The van der Waals surface area contributed by atoms with Crippen LogP contribution in [0.15, 0.2) is 27.5 Å². The molecular formula is C15H13BrN2OS2. The number of thiophene rings is 1. The van der Waals surface area contributed by atoms with Crippen molar-refractivity contribution >= 4 is 49.7 Å². The van der Waals surface area contributed by atoms with Crippen molar-refractivity contribution in [1.82, 2.24) is 9.55 Å². The van der Waals surface area contributed by atoms with Gasteiger partial charge in [-0.2, -0.15) is 0 Å². The first kappa shape index (κ1) is 14.7. The van der Waals surface area contributed by atoms with Gasteiger partial charge in [-0.15, -0.1) is 11.3 Å². The van der Waals surface area contributed by atoms with E-state index in [0.717, 1.165) is 36.4 Å². The molecule has 6 heteroatoms. The molecule has 0 amide bonds. The topological polar surface area (TPSA) is 37.8 Å². The number of aromatic nitrogens is 2. The van der Waals surface area contributed by atoms with Crippen LogP contribution in [0, 0.1) is 25.5 Å². The molecule has 0 fully saturated rings. The summed E-state index contributed by atoms with van der Waals surface area (Å²) in [5.74, 6) is 0. The molecule has 0 aliphatic heterocycles. The van der Waals surface area contributed by atoms with Crippen molar-refractivity contribution in [2.24, 2.45) is 0 Å². The molecule has 0 spiro atoms. The number of fused-ring (bicyclic) bond motifs is 1. The highest BCUT2D eigenvalue weighted by Crippen LogP contribution is 2.27. The summed E-state index contributed by atoms with van der Waals surface area (Å²) in [6, 6.07) is 5.84. The summed E-state index contributed by atoms with van der Waals surface area (Å²) in [5, 5.41) is 0.727. The lowest BCUT2D eigenvalue weighted by Crippen LogP contribution is -2.21. The first-order chi connectivity index (χ1) is 9.90. The van der Waals surface area contributed by atoms with Gasteiger partial charge >= 0.3 is 0 Å². The fraction of sp³-hybridized carbons (Fsp3) is 0.200. The molecule has 108 valence electrons. The van der Waals surface area contributed by atoms with Gasteiger partial charge in [0.2, 0.25) is 0 Å². The van der Waals surface area contributed by atoms with E-state index in [1.807, 2.05) is 39.0 Å². The molecule has 3 aromatic rings. The summed E-state index contributed by atoms with van der Waals surface area (Å²) in [4.78, 5) is 18.1. The molecule has 0 aliphatic rings. The maximum Gasteiger partial charge on any atom is 0.267 e. The number of aryl methyl sites for hydroxylation is 3. The van der Waals surface area contributed by atoms with E-state index in [2.05, 4.69) is 20.9 Å². The Morgan fingerprint density at radius 1 is 1.29 bits per heavy atom. The number of benzene rings is 1. The molecule has 0 aliphatic carbocycles. The van der Waals surface area contributed by atoms with Crippen LogP contribution in [-0.4, -0.2) is 9.55 Å². The van der Waals surface area contributed by atoms with Crippen LogP contribution in [0.3, 0.4) is 0 Å². The molecule has 0 bridgehead atoms. The largest absolute Gasteiger partial charge is 0.323 e. The van der Waals surface area contributed by atoms with Crippen LogP contribution in [0.2, 0.25) is 0 Å². The summed E-state index contributed by atoms with van der Waals surface area (Å²) in [6.45, 7) is 5.97. The molecule has 1 aromatic carbocycles. The van der Waals surface area contributed by atoms with Gasteiger partial charge in [0.25, 0.3) is 5.56 Å². The van der Waals surface area contributed by atoms with Crippen LogP contribution in [-0.2, 0) is 0 Å². The van der Waals surface area contributed by atoms with Crippen molar-refractivity contribution in [2.75, 3.05) is 0 Å². The lowest BCUT2D eigenvalue weighted by molar-refractivity contribution is 0.931. The monoisotopic (exact) mass is 380 g/mol. The van der Waals surface area contributed by atoms with Gasteiger partial charge in [-0.3, -0.25) is 9.36 Å². The highest BCUT2D eigenvalue weighted by atomic mass is 79.9. The molecule has 21 heavy (non-hydrogen) atoms. The maximum atomic E-state index is 12.9. The minimum atomic E-state index is -0.0585. The standard InChI is InChI=1S/C15H13BrN2OS2/c1-7-4-5-10(16)6-11(7)18-14(19)12-8(2)9(3)21-13(12)17-15(18)20/h4-6H,1-3H3,(H,17,20). The van der Waals surface area contributed by atoms with Crippen molar-refractivity contribution in [3.05, 3.63) is 53.8 Å². The molecule has 0 radical (unpaired) electrons. The van der Waals surface area contributed by atoms with E-state index in [1.165, 1.54) is 0 Å². The predicted octanol–water partition coefficient (Wildman–Crippen LogP) is 4.80. The van der Waals surface area contributed by atoms with E-state index in [4.69, 9.17) is 12.2 Å². The quantitative estimate of drug-likeness (QED) is 0.615. The Kier molecular flexibility index (Phi) is 3.63. The highest BCUT2D eigenvalue weighted by molar-refractivity contribution is 9.10. The molecule has 1 N–H and O–H groups in total. The predicted molar refractivity (Wildman–Crippen MR) is 94.5 cm³/mol. The zero-order chi connectivity index (χ0) is 15.3. The average Bonchev–Trinajstić information content (AvgIpc) is 2.69. The number of halogens is 1. The number of hydrogen-bond acceptors (Lipinski definition) is 3. The minimum absolute atomic E-state index is 0.0585. The lowest BCUT2D eigenvalue weighted by Gasteiger charge is -2.10. The van der Waals surface area contributed by atoms with E-state index < -0.39 is 0 Å². The lowest BCUT2D eigenvalue weighted by atomic mass is 10.2. The molecule has 0 unspecified atom stereocenters. The Bertz CT molecular complexity index is 982. The summed E-state index contributed by atoms with van der Waals surface area (Å²) < 4.78 is 2.93. The van der Waals surface area contributed by atoms with Crippen molar-refractivity contribution in [1.29, 1.82) is 0 Å². The molecular weight excluding hydrogens is 368 g/mol. The maximum absolute atomic E-state index is 12.9. The van der Waals surface area contributed by atoms with Crippen molar-refractivity contribution < 1.29 is 0 Å². The summed E-state index contributed by atoms with van der Waals surface area (Å²) in [5.41, 5.74) is 2.77. The Morgan fingerprint density at radius 2 is 2.00 bits per heavy atom. The highest BCUT2D eigenvalue weighted by Gasteiger charge is 2.15. The second kappa shape index (κ2) is 5.19. The van der Waals surface area contributed by atoms with E-state index in [9.17, 15) is 4.79 Å². The summed E-state index contributed by atoms with van der Waals surface area (Å²) in [6.07, 6.45) is 0. The van der Waals surface area contributed by atoms with Crippen molar-refractivity contribution in [2.45, 2.75) is 20.8 Å². The molecule has 3 nitrogen and oxygen atoms in total. The van der Waals surface area contributed by atoms with Gasteiger partial charge in [0.1, 0.15) is 4.83 Å². The molecule has 0 atom stereocenters. The SMILES string of the molecule is Cc1ccc(Br)cc1-n1c(=S)[nH]c2sc(C)c(C)c2c1=O. The zero-order valence-electron chi connectivity index (χ0n) is 11.8. The second-order valence-corrected chi connectivity index (χ2v) is 7.52. The van der Waals surface area contributed by atoms with E-state index in [0.29, 0.717) is 4.77 Å². The summed E-state index contributed by atoms with van der Waals surface area (Å²) >= 11 is 10.4. The number of rotatable bonds is 1. The molecule has 2 heterocycles. The fourth-order valence-electron chi connectivity index (χ4n) is 2.37. The Hall–Kier alpha value is -1.24. The zero-order valence-corrected chi connectivity index (χ0v) is 15.0. The van der Waals surface area contributed by atoms with Crippen molar-refractivity contribution in [3.8, 4) is 5.69 Å². The molecule has 0 saturated heterocycles. The summed E-state index contributed by atoms with van der Waals surface area (Å²) in [7, 11) is 0. The van der Waals surface area contributed by atoms with Crippen LogP contribution < -0.4 is 5.56 Å². The van der Waals surface area contributed by atoms with Crippen LogP contribution in [0.25, 0.3) is 15.9 Å². The van der Waals surface area contributed by atoms with Gasteiger partial charge < -0.3 is 4.98 Å². The van der Waals surface area contributed by atoms with Crippen LogP contribution in [0.5, 0.6) is 0 Å². The van der Waals surface area contributed by atoms with E-state index in [1.54, 1.807) is 15.9 Å². The Labute approximate surface area is 139 Å².